The Hall–Kier alpha value is -2.19. The van der Waals surface area contributed by atoms with Crippen molar-refractivity contribution in [1.29, 1.82) is 0 Å². The lowest BCUT2D eigenvalue weighted by Gasteiger charge is -2.43. The highest BCUT2D eigenvalue weighted by Crippen LogP contribution is 2.32. The molecule has 1 unspecified atom stereocenters. The molecule has 2 heterocycles. The molecule has 6 nitrogen and oxygen atoms in total. The molecule has 2 N–H and O–H groups in total. The van der Waals surface area contributed by atoms with Gasteiger partial charge in [-0.2, -0.15) is 13.2 Å². The lowest BCUT2D eigenvalue weighted by molar-refractivity contribution is -0.155. The number of halogens is 3. The fourth-order valence-corrected chi connectivity index (χ4v) is 2.43. The molecule has 134 valence electrons. The third-order valence-corrected chi connectivity index (χ3v) is 3.51. The van der Waals surface area contributed by atoms with Gasteiger partial charge in [-0.05, 0) is 32.9 Å². The largest absolute Gasteiger partial charge is 0.444 e. The van der Waals surface area contributed by atoms with Gasteiger partial charge in [-0.25, -0.2) is 9.78 Å². The normalized spacial score (nSPS) is 19.3. The molecule has 9 heteroatoms. The molecule has 1 amide bonds. The number of rotatable bonds is 1. The molecule has 0 spiro atoms. The predicted octanol–water partition coefficient (Wildman–Crippen LogP) is 2.65. The molecular formula is C15H21F3N4O2. The Morgan fingerprint density at radius 2 is 1.96 bits per heavy atom. The number of pyridine rings is 1. The second-order valence-electron chi connectivity index (χ2n) is 6.62. The fourth-order valence-electron chi connectivity index (χ4n) is 2.43. The number of nitrogens with two attached hydrogens (primary N) is 1. The quantitative estimate of drug-likeness (QED) is 0.846. The maximum Gasteiger partial charge on any atom is 0.410 e. The summed E-state index contributed by atoms with van der Waals surface area (Å²) in [4.78, 5) is 18.2. The molecule has 1 aliphatic heterocycles. The summed E-state index contributed by atoms with van der Waals surface area (Å²) in [5.74, 6) is 0.231. The third-order valence-electron chi connectivity index (χ3n) is 3.51. The number of hydrogen-bond acceptors (Lipinski definition) is 5. The summed E-state index contributed by atoms with van der Waals surface area (Å²) in [7, 11) is 0. The predicted molar refractivity (Wildman–Crippen MR) is 83.6 cm³/mol. The number of aromatic nitrogens is 1. The van der Waals surface area contributed by atoms with E-state index in [0.717, 1.165) is 4.90 Å². The van der Waals surface area contributed by atoms with Gasteiger partial charge in [0.15, 0.2) is 0 Å². The topological polar surface area (TPSA) is 71.7 Å². The molecule has 1 aromatic heterocycles. The molecule has 2 rings (SSSR count). The van der Waals surface area contributed by atoms with Crippen LogP contribution in [0.1, 0.15) is 20.8 Å². The van der Waals surface area contributed by atoms with E-state index in [-0.39, 0.29) is 18.9 Å². The van der Waals surface area contributed by atoms with Gasteiger partial charge in [-0.1, -0.05) is 0 Å². The minimum atomic E-state index is -4.50. The number of piperazine rings is 1. The molecule has 1 saturated heterocycles. The van der Waals surface area contributed by atoms with Gasteiger partial charge >= 0.3 is 12.3 Å². The van der Waals surface area contributed by atoms with Crippen LogP contribution in [0.5, 0.6) is 0 Å². The van der Waals surface area contributed by atoms with Gasteiger partial charge < -0.3 is 20.3 Å². The first-order chi connectivity index (χ1) is 11.0. The van der Waals surface area contributed by atoms with Crippen molar-refractivity contribution in [2.75, 3.05) is 30.3 Å². The number of carbonyl (C=O) groups excluding carboxylic acids is 1. The first-order valence-corrected chi connectivity index (χ1v) is 7.50. The minimum absolute atomic E-state index is 0.0228. The van der Waals surface area contributed by atoms with E-state index in [0.29, 0.717) is 5.69 Å². The highest BCUT2D eigenvalue weighted by Gasteiger charge is 2.48. The van der Waals surface area contributed by atoms with Crippen molar-refractivity contribution in [3.63, 3.8) is 0 Å². The summed E-state index contributed by atoms with van der Waals surface area (Å²) in [6, 6.07) is 1.11. The maximum absolute atomic E-state index is 13.5. The van der Waals surface area contributed by atoms with Crippen molar-refractivity contribution in [1.82, 2.24) is 9.88 Å². The Balaban J connectivity index is 2.19. The van der Waals surface area contributed by atoms with E-state index < -0.39 is 30.5 Å². The first kappa shape index (κ1) is 18.2. The number of alkyl halides is 3. The molecule has 1 aliphatic rings. The summed E-state index contributed by atoms with van der Waals surface area (Å²) >= 11 is 0. The number of nitrogen functional groups attached to an aromatic ring is 1. The molecule has 0 aromatic carbocycles. The van der Waals surface area contributed by atoms with Crippen molar-refractivity contribution in [3.8, 4) is 0 Å². The van der Waals surface area contributed by atoms with Gasteiger partial charge in [0.25, 0.3) is 0 Å². The summed E-state index contributed by atoms with van der Waals surface area (Å²) in [5, 5.41) is 0. The molecule has 0 radical (unpaired) electrons. The summed E-state index contributed by atoms with van der Waals surface area (Å²) < 4.78 is 45.6. The zero-order chi connectivity index (χ0) is 18.1. The van der Waals surface area contributed by atoms with E-state index >= 15 is 0 Å². The van der Waals surface area contributed by atoms with Crippen molar-refractivity contribution < 1.29 is 22.7 Å². The average Bonchev–Trinajstić information content (AvgIpc) is 2.45. The van der Waals surface area contributed by atoms with E-state index in [9.17, 15) is 18.0 Å². The summed E-state index contributed by atoms with van der Waals surface area (Å²) in [6.45, 7) is 4.66. The molecule has 1 fully saturated rings. The molecular weight excluding hydrogens is 325 g/mol. The number of amides is 1. The van der Waals surface area contributed by atoms with Gasteiger partial charge in [0.2, 0.25) is 0 Å². The van der Waals surface area contributed by atoms with Crippen LogP contribution in [0.2, 0.25) is 0 Å². The number of hydrogen-bond donors (Lipinski definition) is 1. The van der Waals surface area contributed by atoms with Crippen LogP contribution in [0.4, 0.5) is 29.5 Å². The van der Waals surface area contributed by atoms with Gasteiger partial charge in [-0.15, -0.1) is 0 Å². The lowest BCUT2D eigenvalue weighted by Crippen LogP contribution is -2.60. The Kier molecular flexibility index (Phi) is 4.82. The molecule has 0 aliphatic carbocycles. The summed E-state index contributed by atoms with van der Waals surface area (Å²) in [5.41, 5.74) is 5.03. The van der Waals surface area contributed by atoms with Gasteiger partial charge in [0, 0.05) is 13.1 Å². The van der Waals surface area contributed by atoms with Crippen molar-refractivity contribution >= 4 is 17.6 Å². The highest BCUT2D eigenvalue weighted by atomic mass is 19.4. The zero-order valence-corrected chi connectivity index (χ0v) is 13.8. The molecule has 0 bridgehead atoms. The maximum atomic E-state index is 13.5. The highest BCUT2D eigenvalue weighted by molar-refractivity contribution is 5.69. The summed E-state index contributed by atoms with van der Waals surface area (Å²) in [6.07, 6.45) is -3.94. The monoisotopic (exact) mass is 346 g/mol. The van der Waals surface area contributed by atoms with Gasteiger partial charge in [0.05, 0.1) is 18.4 Å². The number of ether oxygens (including phenoxy) is 1. The van der Waals surface area contributed by atoms with E-state index in [1.165, 1.54) is 23.2 Å². The smallest absolute Gasteiger partial charge is 0.410 e. The van der Waals surface area contributed by atoms with Crippen LogP contribution in [-0.4, -0.2) is 53.4 Å². The van der Waals surface area contributed by atoms with Gasteiger partial charge in [-0.3, -0.25) is 0 Å². The van der Waals surface area contributed by atoms with Gasteiger partial charge in [0.1, 0.15) is 17.5 Å². The number of nitrogens with zero attached hydrogens (tertiary/aromatic N) is 3. The van der Waals surface area contributed by atoms with E-state index in [4.69, 9.17) is 10.5 Å². The molecule has 1 aromatic rings. The average molecular weight is 346 g/mol. The van der Waals surface area contributed by atoms with Crippen molar-refractivity contribution in [2.45, 2.75) is 38.6 Å². The second kappa shape index (κ2) is 6.37. The van der Waals surface area contributed by atoms with E-state index in [2.05, 4.69) is 4.98 Å². The van der Waals surface area contributed by atoms with Crippen LogP contribution >= 0.6 is 0 Å². The van der Waals surface area contributed by atoms with E-state index in [1.807, 2.05) is 0 Å². The van der Waals surface area contributed by atoms with Crippen LogP contribution in [0.3, 0.4) is 0 Å². The standard InChI is InChI=1S/C15H21F3N4O2/c1-14(2,3)24-13(23)21-6-7-22(11(9-21)15(16,17)18)10-4-5-12(19)20-8-10/h4-5,8,11H,6-7,9H2,1-3H3,(H2,19,20). The van der Waals surface area contributed by atoms with Crippen LogP contribution in [-0.2, 0) is 4.74 Å². The Morgan fingerprint density at radius 3 is 2.46 bits per heavy atom. The molecule has 1 atom stereocenters. The Labute approximate surface area is 138 Å². The van der Waals surface area contributed by atoms with Crippen molar-refractivity contribution in [3.05, 3.63) is 18.3 Å². The lowest BCUT2D eigenvalue weighted by atomic mass is 10.1. The van der Waals surface area contributed by atoms with E-state index in [1.54, 1.807) is 20.8 Å². The third kappa shape index (κ3) is 4.42. The first-order valence-electron chi connectivity index (χ1n) is 7.50. The van der Waals surface area contributed by atoms with Crippen LogP contribution in [0.15, 0.2) is 18.3 Å². The minimum Gasteiger partial charge on any atom is -0.444 e. The van der Waals surface area contributed by atoms with Crippen LogP contribution in [0.25, 0.3) is 0 Å². The molecule has 24 heavy (non-hydrogen) atoms. The Bertz CT molecular complexity index is 584. The zero-order valence-electron chi connectivity index (χ0n) is 13.8. The number of carbonyl (C=O) groups is 1. The van der Waals surface area contributed by atoms with Crippen LogP contribution in [0, 0.1) is 0 Å². The molecule has 0 saturated carbocycles. The second-order valence-corrected chi connectivity index (χ2v) is 6.62. The Morgan fingerprint density at radius 1 is 1.29 bits per heavy atom. The van der Waals surface area contributed by atoms with Crippen LogP contribution < -0.4 is 10.6 Å². The van der Waals surface area contributed by atoms with Crippen molar-refractivity contribution in [2.24, 2.45) is 0 Å². The SMILES string of the molecule is CC(C)(C)OC(=O)N1CCN(c2ccc(N)nc2)C(C(F)(F)F)C1. The number of anilines is 2. The fraction of sp³-hybridized carbons (Fsp3) is 0.600.